The summed E-state index contributed by atoms with van der Waals surface area (Å²) >= 11 is 0. The predicted molar refractivity (Wildman–Crippen MR) is 74.6 cm³/mol. The van der Waals surface area contributed by atoms with E-state index in [0.29, 0.717) is 13.0 Å². The van der Waals surface area contributed by atoms with Crippen LogP contribution in [-0.4, -0.2) is 25.3 Å². The minimum Gasteiger partial charge on any atom is -0.496 e. The lowest BCUT2D eigenvalue weighted by molar-refractivity contribution is -0.136. The lowest BCUT2D eigenvalue weighted by Gasteiger charge is -2.16. The molecular formula is C15H21NO3. The number of hydrogen-bond donors (Lipinski definition) is 1. The monoisotopic (exact) mass is 263 g/mol. The molecule has 0 aromatic heterocycles. The summed E-state index contributed by atoms with van der Waals surface area (Å²) in [6, 6.07) is 2.11. The van der Waals surface area contributed by atoms with Gasteiger partial charge < -0.3 is 10.1 Å². The Kier molecular flexibility index (Phi) is 5.10. The van der Waals surface area contributed by atoms with Crippen molar-refractivity contribution in [3.8, 4) is 5.75 Å². The first kappa shape index (κ1) is 15.2. The molecular weight excluding hydrogens is 242 g/mol. The van der Waals surface area contributed by atoms with Gasteiger partial charge in [-0.05, 0) is 49.4 Å². The largest absolute Gasteiger partial charge is 0.496 e. The fraction of sp³-hybridized carbons (Fsp3) is 0.467. The number of rotatable bonds is 5. The van der Waals surface area contributed by atoms with E-state index in [1.54, 1.807) is 7.11 Å². The van der Waals surface area contributed by atoms with Crippen LogP contribution >= 0.6 is 0 Å². The van der Waals surface area contributed by atoms with Gasteiger partial charge in [-0.1, -0.05) is 6.07 Å². The minimum absolute atomic E-state index is 0.429. The molecule has 1 rings (SSSR count). The molecule has 1 N–H and O–H groups in total. The van der Waals surface area contributed by atoms with Crippen molar-refractivity contribution in [3.05, 3.63) is 28.3 Å². The quantitative estimate of drug-likeness (QED) is 0.825. The second kappa shape index (κ2) is 6.36. The van der Waals surface area contributed by atoms with E-state index in [1.807, 2.05) is 20.8 Å². The second-order valence-corrected chi connectivity index (χ2v) is 4.71. The highest BCUT2D eigenvalue weighted by atomic mass is 16.5. The third kappa shape index (κ3) is 3.56. The molecule has 0 heterocycles. The summed E-state index contributed by atoms with van der Waals surface area (Å²) in [5, 5.41) is 2.60. The van der Waals surface area contributed by atoms with Crippen LogP contribution in [0.2, 0.25) is 0 Å². The highest BCUT2D eigenvalue weighted by Crippen LogP contribution is 2.29. The molecule has 0 unspecified atom stereocenters. The van der Waals surface area contributed by atoms with E-state index in [-0.39, 0.29) is 0 Å². The molecule has 4 heteroatoms. The Labute approximate surface area is 114 Å². The van der Waals surface area contributed by atoms with E-state index >= 15 is 0 Å². The molecule has 1 amide bonds. The highest BCUT2D eigenvalue weighted by Gasteiger charge is 2.13. The lowest BCUT2D eigenvalue weighted by atomic mass is 9.97. The molecule has 104 valence electrons. The van der Waals surface area contributed by atoms with Gasteiger partial charge in [0, 0.05) is 13.5 Å². The number of carbonyl (C=O) groups is 2. The minimum atomic E-state index is -0.541. The van der Waals surface area contributed by atoms with Crippen molar-refractivity contribution in [2.24, 2.45) is 0 Å². The van der Waals surface area contributed by atoms with Crippen LogP contribution in [0.25, 0.3) is 0 Å². The standard InChI is InChI=1S/C15H21NO3/c1-9-8-10(2)13(14(19-5)11(9)3)6-7-16-15(18)12(4)17/h8H,6-7H2,1-5H3,(H,16,18). The van der Waals surface area contributed by atoms with Crippen molar-refractivity contribution in [1.29, 1.82) is 0 Å². The average molecular weight is 263 g/mol. The molecule has 1 aromatic rings. The van der Waals surface area contributed by atoms with Crippen LogP contribution in [0.15, 0.2) is 6.07 Å². The molecule has 0 aliphatic heterocycles. The van der Waals surface area contributed by atoms with Crippen LogP contribution in [0.1, 0.15) is 29.2 Å². The Bertz CT molecular complexity index is 507. The van der Waals surface area contributed by atoms with Gasteiger partial charge in [-0.25, -0.2) is 0 Å². The zero-order valence-corrected chi connectivity index (χ0v) is 12.2. The Morgan fingerprint density at radius 3 is 2.37 bits per heavy atom. The molecule has 0 aliphatic rings. The Morgan fingerprint density at radius 2 is 1.84 bits per heavy atom. The summed E-state index contributed by atoms with van der Waals surface area (Å²) < 4.78 is 5.46. The third-order valence-electron chi connectivity index (χ3n) is 3.30. The van der Waals surface area contributed by atoms with E-state index < -0.39 is 11.7 Å². The zero-order valence-electron chi connectivity index (χ0n) is 12.2. The van der Waals surface area contributed by atoms with Crippen LogP contribution in [0.5, 0.6) is 5.75 Å². The summed E-state index contributed by atoms with van der Waals surface area (Å²) in [5.74, 6) is -0.140. The number of ether oxygens (including phenoxy) is 1. The van der Waals surface area contributed by atoms with Crippen LogP contribution in [0.4, 0.5) is 0 Å². The Hall–Kier alpha value is -1.84. The number of hydrogen-bond acceptors (Lipinski definition) is 3. The Morgan fingerprint density at radius 1 is 1.21 bits per heavy atom. The average Bonchev–Trinajstić information content (AvgIpc) is 2.35. The second-order valence-electron chi connectivity index (χ2n) is 4.71. The smallest absolute Gasteiger partial charge is 0.287 e. The van der Waals surface area contributed by atoms with Gasteiger partial charge in [0.1, 0.15) is 5.75 Å². The van der Waals surface area contributed by atoms with Gasteiger partial charge in [0.05, 0.1) is 7.11 Å². The van der Waals surface area contributed by atoms with E-state index in [9.17, 15) is 9.59 Å². The number of Topliss-reactive ketones (excluding diaryl/α,β-unsaturated/α-hetero) is 1. The zero-order chi connectivity index (χ0) is 14.6. The number of nitrogens with one attached hydrogen (secondary N) is 1. The topological polar surface area (TPSA) is 55.4 Å². The number of ketones is 1. The molecule has 19 heavy (non-hydrogen) atoms. The fourth-order valence-corrected chi connectivity index (χ4v) is 2.12. The number of amides is 1. The molecule has 0 spiro atoms. The van der Waals surface area contributed by atoms with Crippen molar-refractivity contribution in [2.75, 3.05) is 13.7 Å². The molecule has 0 aliphatic carbocycles. The van der Waals surface area contributed by atoms with Crippen LogP contribution in [-0.2, 0) is 16.0 Å². The van der Waals surface area contributed by atoms with Crippen LogP contribution < -0.4 is 10.1 Å². The third-order valence-corrected chi connectivity index (χ3v) is 3.30. The first-order chi connectivity index (χ1) is 8.88. The maximum Gasteiger partial charge on any atom is 0.287 e. The van der Waals surface area contributed by atoms with Gasteiger partial charge in [-0.2, -0.15) is 0 Å². The summed E-state index contributed by atoms with van der Waals surface area (Å²) in [4.78, 5) is 22.0. The van der Waals surface area contributed by atoms with Crippen molar-refractivity contribution >= 4 is 11.7 Å². The molecule has 0 saturated carbocycles. The van der Waals surface area contributed by atoms with E-state index in [2.05, 4.69) is 11.4 Å². The maximum absolute atomic E-state index is 11.2. The van der Waals surface area contributed by atoms with Crippen molar-refractivity contribution in [2.45, 2.75) is 34.1 Å². The molecule has 1 aromatic carbocycles. The summed E-state index contributed by atoms with van der Waals surface area (Å²) in [7, 11) is 1.65. The first-order valence-corrected chi connectivity index (χ1v) is 6.31. The molecule has 0 atom stereocenters. The predicted octanol–water partition coefficient (Wildman–Crippen LogP) is 1.87. The van der Waals surface area contributed by atoms with Gasteiger partial charge >= 0.3 is 0 Å². The molecule has 0 fully saturated rings. The van der Waals surface area contributed by atoms with Gasteiger partial charge in [0.25, 0.3) is 5.91 Å². The number of methoxy groups -OCH3 is 1. The molecule has 0 bridgehead atoms. The van der Waals surface area contributed by atoms with Gasteiger partial charge in [0.15, 0.2) is 0 Å². The summed E-state index contributed by atoms with van der Waals surface area (Å²) in [6.45, 7) is 7.78. The van der Waals surface area contributed by atoms with E-state index in [1.165, 1.54) is 12.5 Å². The van der Waals surface area contributed by atoms with Crippen molar-refractivity contribution in [3.63, 3.8) is 0 Å². The van der Waals surface area contributed by atoms with E-state index in [4.69, 9.17) is 4.74 Å². The van der Waals surface area contributed by atoms with Crippen molar-refractivity contribution in [1.82, 2.24) is 5.32 Å². The normalized spacial score (nSPS) is 10.2. The maximum atomic E-state index is 11.2. The fourth-order valence-electron chi connectivity index (χ4n) is 2.12. The SMILES string of the molecule is COc1c(C)c(C)cc(C)c1CCNC(=O)C(C)=O. The Balaban J connectivity index is 2.86. The van der Waals surface area contributed by atoms with Gasteiger partial charge in [-0.3, -0.25) is 9.59 Å². The summed E-state index contributed by atoms with van der Waals surface area (Å²) in [5.41, 5.74) is 4.51. The first-order valence-electron chi connectivity index (χ1n) is 6.31. The summed E-state index contributed by atoms with van der Waals surface area (Å²) in [6.07, 6.45) is 0.648. The van der Waals surface area contributed by atoms with Gasteiger partial charge in [-0.15, -0.1) is 0 Å². The number of benzene rings is 1. The number of aryl methyl sites for hydroxylation is 2. The van der Waals surface area contributed by atoms with Crippen molar-refractivity contribution < 1.29 is 14.3 Å². The number of carbonyl (C=O) groups excluding carboxylic acids is 2. The van der Waals surface area contributed by atoms with Crippen LogP contribution in [0, 0.1) is 20.8 Å². The molecule has 0 radical (unpaired) electrons. The van der Waals surface area contributed by atoms with Gasteiger partial charge in [0.2, 0.25) is 5.78 Å². The lowest BCUT2D eigenvalue weighted by Crippen LogP contribution is -2.31. The molecule has 4 nitrogen and oxygen atoms in total. The van der Waals surface area contributed by atoms with E-state index in [0.717, 1.165) is 22.4 Å². The van der Waals surface area contributed by atoms with Crippen LogP contribution in [0.3, 0.4) is 0 Å². The molecule has 0 saturated heterocycles. The highest BCUT2D eigenvalue weighted by molar-refractivity contribution is 6.35.